The molecule has 0 radical (unpaired) electrons. The average Bonchev–Trinajstić information content (AvgIpc) is 2.36. The van der Waals surface area contributed by atoms with E-state index in [1.54, 1.807) is 24.3 Å². The van der Waals surface area contributed by atoms with E-state index >= 15 is 0 Å². The van der Waals surface area contributed by atoms with Gasteiger partial charge in [0.1, 0.15) is 0 Å². The number of hydrogen-bond acceptors (Lipinski definition) is 3. The number of hydrogen-bond donors (Lipinski definition) is 0. The van der Waals surface area contributed by atoms with Crippen LogP contribution in [0, 0.1) is 0 Å². The third kappa shape index (κ3) is 5.36. The quantitative estimate of drug-likeness (QED) is 0.480. The molecule has 1 aromatic rings. The molecule has 0 atom stereocenters. The molecule has 0 aliphatic rings. The first-order chi connectivity index (χ1) is 8.85. The van der Waals surface area contributed by atoms with Gasteiger partial charge in [-0.05, 0) is 0 Å². The van der Waals surface area contributed by atoms with Gasteiger partial charge in [0.2, 0.25) is 0 Å². The van der Waals surface area contributed by atoms with Crippen molar-refractivity contribution >= 4 is 27.0 Å². The Morgan fingerprint density at radius 2 is 1.79 bits per heavy atom. The van der Waals surface area contributed by atoms with Crippen molar-refractivity contribution in [3.8, 4) is 5.75 Å². The number of ether oxygens (including phenoxy) is 2. The zero-order chi connectivity index (χ0) is 14.5. The van der Waals surface area contributed by atoms with Crippen LogP contribution in [0.1, 0.15) is 5.56 Å². The van der Waals surface area contributed by atoms with E-state index in [0.29, 0.717) is 11.3 Å². The molecule has 0 aliphatic carbocycles. The summed E-state index contributed by atoms with van der Waals surface area (Å²) in [5, 5.41) is -4.40. The number of alkyl halides is 3. The fourth-order valence-corrected chi connectivity index (χ4v) is 2.49. The summed E-state index contributed by atoms with van der Waals surface area (Å²) in [6.07, 6.45) is 1.18. The van der Waals surface area contributed by atoms with Crippen LogP contribution in [-0.4, -0.2) is 40.2 Å². The van der Waals surface area contributed by atoms with Gasteiger partial charge in [0.25, 0.3) is 0 Å². The van der Waals surface area contributed by atoms with Crippen molar-refractivity contribution in [1.29, 1.82) is 0 Å². The van der Waals surface area contributed by atoms with E-state index in [2.05, 4.69) is 4.74 Å². The second-order valence-electron chi connectivity index (χ2n) is 3.32. The van der Waals surface area contributed by atoms with E-state index in [-0.39, 0.29) is 4.47 Å². The van der Waals surface area contributed by atoms with Gasteiger partial charge in [-0.15, -0.1) is 0 Å². The molecule has 0 fully saturated rings. The standard InChI is InChI=1S/C12H11F3O3Se/c1-17-9-5-3-8(4-6-9)7-10(11(16)18-2)19-12(13,14)15/h3-7H,1-2H3/b10-7+. The van der Waals surface area contributed by atoms with Gasteiger partial charge in [0.05, 0.1) is 0 Å². The summed E-state index contributed by atoms with van der Waals surface area (Å²) in [6, 6.07) is 6.32. The monoisotopic (exact) mass is 340 g/mol. The van der Waals surface area contributed by atoms with Gasteiger partial charge in [-0.2, -0.15) is 0 Å². The average molecular weight is 339 g/mol. The molecule has 0 unspecified atom stereocenters. The fraction of sp³-hybridized carbons (Fsp3) is 0.250. The molecule has 104 valence electrons. The zero-order valence-corrected chi connectivity index (χ0v) is 11.9. The molecule has 19 heavy (non-hydrogen) atoms. The Kier molecular flexibility index (Phi) is 5.44. The van der Waals surface area contributed by atoms with Crippen LogP contribution in [0.3, 0.4) is 0 Å². The van der Waals surface area contributed by atoms with E-state index in [4.69, 9.17) is 4.74 Å². The number of esters is 1. The maximum atomic E-state index is 12.4. The van der Waals surface area contributed by atoms with E-state index in [1.165, 1.54) is 13.2 Å². The van der Waals surface area contributed by atoms with Crippen molar-refractivity contribution in [2.75, 3.05) is 14.2 Å². The van der Waals surface area contributed by atoms with Gasteiger partial charge in [-0.1, -0.05) is 0 Å². The summed E-state index contributed by atoms with van der Waals surface area (Å²) in [5.41, 5.74) is 0.479. The van der Waals surface area contributed by atoms with Gasteiger partial charge >= 0.3 is 114 Å². The van der Waals surface area contributed by atoms with Crippen LogP contribution in [0.2, 0.25) is 0 Å². The third-order valence-corrected chi connectivity index (χ3v) is 3.57. The number of carbonyl (C=O) groups is 1. The number of rotatable bonds is 4. The minimum atomic E-state index is -4.40. The normalized spacial score (nSPS) is 12.2. The van der Waals surface area contributed by atoms with Crippen molar-refractivity contribution < 1.29 is 27.4 Å². The molecule has 0 amide bonds. The fourth-order valence-electron chi connectivity index (χ4n) is 1.21. The predicted molar refractivity (Wildman–Crippen MR) is 64.8 cm³/mol. The zero-order valence-electron chi connectivity index (χ0n) is 10.2. The molecule has 0 aliphatic heterocycles. The SMILES string of the molecule is COC(=O)/C(=C\c1ccc(OC)cc1)[Se]C(F)(F)F. The van der Waals surface area contributed by atoms with E-state index < -0.39 is 26.0 Å². The van der Waals surface area contributed by atoms with Crippen molar-refractivity contribution in [1.82, 2.24) is 0 Å². The summed E-state index contributed by atoms with van der Waals surface area (Å²) in [6.45, 7) is 0. The molecule has 1 aromatic carbocycles. The number of benzene rings is 1. The Labute approximate surface area is 114 Å². The topological polar surface area (TPSA) is 35.5 Å². The van der Waals surface area contributed by atoms with E-state index in [0.717, 1.165) is 7.11 Å². The Morgan fingerprint density at radius 1 is 1.21 bits per heavy atom. The molecular weight excluding hydrogens is 328 g/mol. The maximum absolute atomic E-state index is 12.4. The summed E-state index contributed by atoms with van der Waals surface area (Å²) in [7, 11) is 2.54. The summed E-state index contributed by atoms with van der Waals surface area (Å²) in [5.74, 6) is -0.383. The molecule has 3 nitrogen and oxygen atoms in total. The van der Waals surface area contributed by atoms with Gasteiger partial charge in [0.15, 0.2) is 0 Å². The van der Waals surface area contributed by atoms with Crippen LogP contribution >= 0.6 is 0 Å². The van der Waals surface area contributed by atoms with Crippen LogP contribution in [0.25, 0.3) is 6.08 Å². The van der Waals surface area contributed by atoms with Gasteiger partial charge in [-0.3, -0.25) is 0 Å². The first-order valence-corrected chi connectivity index (χ1v) is 6.77. The Bertz CT molecular complexity index is 466. The van der Waals surface area contributed by atoms with Crippen LogP contribution in [0.4, 0.5) is 13.2 Å². The molecule has 0 aromatic heterocycles. The molecule has 0 N–H and O–H groups in total. The van der Waals surface area contributed by atoms with Crippen LogP contribution in [0.5, 0.6) is 5.75 Å². The van der Waals surface area contributed by atoms with Crippen molar-refractivity contribution in [3.63, 3.8) is 0 Å². The Balaban J connectivity index is 3.01. The summed E-state index contributed by atoms with van der Waals surface area (Å²) < 4.78 is 46.1. The number of carbonyl (C=O) groups excluding carboxylic acids is 1. The second kappa shape index (κ2) is 6.63. The first kappa shape index (κ1) is 15.6. The van der Waals surface area contributed by atoms with Crippen LogP contribution in [-0.2, 0) is 9.53 Å². The van der Waals surface area contributed by atoms with Gasteiger partial charge < -0.3 is 0 Å². The van der Waals surface area contributed by atoms with Gasteiger partial charge in [0, 0.05) is 0 Å². The molecule has 1 rings (SSSR count). The molecule has 0 saturated carbocycles. The molecule has 0 spiro atoms. The first-order valence-electron chi connectivity index (χ1n) is 5.05. The molecule has 0 saturated heterocycles. The molecule has 7 heteroatoms. The molecule has 0 heterocycles. The Hall–Kier alpha value is -1.46. The molecule has 0 bridgehead atoms. The second-order valence-corrected chi connectivity index (χ2v) is 5.64. The summed E-state index contributed by atoms with van der Waals surface area (Å²) in [4.78, 5) is 11.3. The minimum absolute atomic E-state index is 0.382. The van der Waals surface area contributed by atoms with E-state index in [9.17, 15) is 18.0 Å². The number of halogens is 3. The van der Waals surface area contributed by atoms with Crippen LogP contribution < -0.4 is 4.74 Å². The van der Waals surface area contributed by atoms with Crippen molar-refractivity contribution in [2.45, 2.75) is 5.07 Å². The predicted octanol–water partition coefficient (Wildman–Crippen LogP) is 2.43. The van der Waals surface area contributed by atoms with Crippen molar-refractivity contribution in [3.05, 3.63) is 34.3 Å². The van der Waals surface area contributed by atoms with Crippen molar-refractivity contribution in [2.24, 2.45) is 0 Å². The molecular formula is C12H11F3O3Se. The third-order valence-electron chi connectivity index (χ3n) is 2.03. The Morgan fingerprint density at radius 3 is 2.21 bits per heavy atom. The summed E-state index contributed by atoms with van der Waals surface area (Å²) >= 11 is -1.94. The van der Waals surface area contributed by atoms with Gasteiger partial charge in [-0.25, -0.2) is 0 Å². The number of methoxy groups -OCH3 is 2. The van der Waals surface area contributed by atoms with Crippen LogP contribution in [0.15, 0.2) is 28.7 Å². The van der Waals surface area contributed by atoms with E-state index in [1.807, 2.05) is 0 Å².